The number of rotatable bonds is 5. The summed E-state index contributed by atoms with van der Waals surface area (Å²) < 4.78 is 0. The molecule has 0 radical (unpaired) electrons. The number of amides is 1. The first kappa shape index (κ1) is 14.0. The molecule has 0 aromatic heterocycles. The van der Waals surface area contributed by atoms with Crippen LogP contribution in [0, 0.1) is 5.92 Å². The fourth-order valence-electron chi connectivity index (χ4n) is 2.26. The van der Waals surface area contributed by atoms with E-state index in [0.717, 1.165) is 25.7 Å². The molecule has 0 heterocycles. The van der Waals surface area contributed by atoms with Crippen LogP contribution in [0.4, 0.5) is 0 Å². The third-order valence-corrected chi connectivity index (χ3v) is 3.51. The number of hydrogen-bond donors (Lipinski definition) is 3. The molecule has 1 aliphatic carbocycles. The predicted octanol–water partition coefficient (Wildman–Crippen LogP) is 0.744. The van der Waals surface area contributed by atoms with Crippen molar-refractivity contribution >= 4 is 11.9 Å². The lowest BCUT2D eigenvalue weighted by molar-refractivity contribution is -0.144. The highest BCUT2D eigenvalue weighted by Crippen LogP contribution is 2.26. The van der Waals surface area contributed by atoms with Crippen LogP contribution in [0.3, 0.4) is 0 Å². The molecule has 3 N–H and O–H groups in total. The number of carbonyl (C=O) groups is 2. The molecule has 0 aliphatic heterocycles. The Morgan fingerprint density at radius 1 is 1.24 bits per heavy atom. The highest BCUT2D eigenvalue weighted by Gasteiger charge is 2.31. The Hall–Kier alpha value is -1.10. The van der Waals surface area contributed by atoms with Gasteiger partial charge in [0.05, 0.1) is 6.04 Å². The van der Waals surface area contributed by atoms with E-state index in [9.17, 15) is 14.7 Å². The Labute approximate surface area is 102 Å². The van der Waals surface area contributed by atoms with Gasteiger partial charge in [-0.1, -0.05) is 19.3 Å². The van der Waals surface area contributed by atoms with Crippen LogP contribution in [0.1, 0.15) is 39.0 Å². The van der Waals surface area contributed by atoms with Crippen LogP contribution in [-0.4, -0.2) is 36.1 Å². The van der Waals surface area contributed by atoms with Crippen LogP contribution >= 0.6 is 0 Å². The minimum Gasteiger partial charge on any atom is -0.480 e. The zero-order valence-corrected chi connectivity index (χ0v) is 10.5. The first-order chi connectivity index (χ1) is 8.06. The van der Waals surface area contributed by atoms with Gasteiger partial charge in [0, 0.05) is 0 Å². The van der Waals surface area contributed by atoms with Gasteiger partial charge >= 0.3 is 5.97 Å². The van der Waals surface area contributed by atoms with Gasteiger partial charge in [-0.3, -0.25) is 4.79 Å². The molecule has 5 heteroatoms. The van der Waals surface area contributed by atoms with Crippen LogP contribution in [0.2, 0.25) is 0 Å². The zero-order valence-electron chi connectivity index (χ0n) is 10.5. The van der Waals surface area contributed by atoms with E-state index in [-0.39, 0.29) is 17.9 Å². The summed E-state index contributed by atoms with van der Waals surface area (Å²) in [6, 6.07) is -1.10. The number of carbonyl (C=O) groups excluding carboxylic acids is 1. The normalized spacial score (nSPS) is 20.6. The first-order valence-corrected chi connectivity index (χ1v) is 6.26. The summed E-state index contributed by atoms with van der Waals surface area (Å²) in [6.07, 6.45) is 5.08. The second-order valence-corrected chi connectivity index (χ2v) is 4.73. The molecule has 2 atom stereocenters. The Morgan fingerprint density at radius 2 is 1.82 bits per heavy atom. The first-order valence-electron chi connectivity index (χ1n) is 6.26. The molecule has 5 nitrogen and oxygen atoms in total. The van der Waals surface area contributed by atoms with E-state index in [4.69, 9.17) is 0 Å². The number of carboxylic acids is 1. The minimum absolute atomic E-state index is 0.0780. The number of hydrogen-bond acceptors (Lipinski definition) is 3. The van der Waals surface area contributed by atoms with Gasteiger partial charge in [0.2, 0.25) is 5.91 Å². The summed E-state index contributed by atoms with van der Waals surface area (Å²) in [4.78, 5) is 22.9. The smallest absolute Gasteiger partial charge is 0.326 e. The summed E-state index contributed by atoms with van der Waals surface area (Å²) >= 11 is 0. The molecule has 2 unspecified atom stereocenters. The minimum atomic E-state index is -0.923. The zero-order chi connectivity index (χ0) is 12.8. The lowest BCUT2D eigenvalue weighted by Gasteiger charge is -2.28. The molecule has 1 saturated carbocycles. The van der Waals surface area contributed by atoms with Crippen molar-refractivity contribution in [2.24, 2.45) is 5.92 Å². The van der Waals surface area contributed by atoms with Crippen LogP contribution in [0.15, 0.2) is 0 Å². The van der Waals surface area contributed by atoms with Crippen LogP contribution in [-0.2, 0) is 9.59 Å². The SMILES string of the molecule is CNC(C)C(=O)NC(C(=O)O)C1CCCCC1. The highest BCUT2D eigenvalue weighted by molar-refractivity contribution is 5.86. The molecule has 0 bridgehead atoms. The van der Waals surface area contributed by atoms with Crippen molar-refractivity contribution in [3.63, 3.8) is 0 Å². The standard InChI is InChI=1S/C12H22N2O3/c1-8(13-2)11(15)14-10(12(16)17)9-6-4-3-5-7-9/h8-10,13H,3-7H2,1-2H3,(H,14,15)(H,16,17). The Balaban J connectivity index is 2.59. The maximum Gasteiger partial charge on any atom is 0.326 e. The number of nitrogens with one attached hydrogen (secondary N) is 2. The van der Waals surface area contributed by atoms with Gasteiger partial charge in [-0.15, -0.1) is 0 Å². The monoisotopic (exact) mass is 242 g/mol. The molecule has 1 aliphatic rings. The van der Waals surface area contributed by atoms with E-state index in [1.165, 1.54) is 6.42 Å². The number of aliphatic carboxylic acids is 1. The largest absolute Gasteiger partial charge is 0.480 e. The molecular weight excluding hydrogens is 220 g/mol. The van der Waals surface area contributed by atoms with Crippen molar-refractivity contribution in [3.05, 3.63) is 0 Å². The summed E-state index contributed by atoms with van der Waals surface area (Å²) in [7, 11) is 1.68. The van der Waals surface area contributed by atoms with E-state index in [1.807, 2.05) is 0 Å². The fraction of sp³-hybridized carbons (Fsp3) is 0.833. The topological polar surface area (TPSA) is 78.4 Å². The van der Waals surface area contributed by atoms with Gasteiger partial charge in [0.1, 0.15) is 6.04 Å². The molecule has 0 aromatic carbocycles. The van der Waals surface area contributed by atoms with E-state index in [2.05, 4.69) is 10.6 Å². The van der Waals surface area contributed by atoms with Gasteiger partial charge in [0.25, 0.3) is 0 Å². The molecule has 0 saturated heterocycles. The molecule has 98 valence electrons. The van der Waals surface area contributed by atoms with Gasteiger partial charge in [0.15, 0.2) is 0 Å². The summed E-state index contributed by atoms with van der Waals surface area (Å²) in [5.74, 6) is -1.09. The van der Waals surface area contributed by atoms with Crippen molar-refractivity contribution in [1.29, 1.82) is 0 Å². The van der Waals surface area contributed by atoms with Gasteiger partial charge < -0.3 is 15.7 Å². The number of likely N-dealkylation sites (N-methyl/N-ethyl adjacent to an activating group) is 1. The molecule has 1 rings (SSSR count). The lowest BCUT2D eigenvalue weighted by Crippen LogP contribution is -2.51. The van der Waals surface area contributed by atoms with E-state index < -0.39 is 12.0 Å². The summed E-state index contributed by atoms with van der Waals surface area (Å²) in [5, 5.41) is 14.6. The van der Waals surface area contributed by atoms with E-state index >= 15 is 0 Å². The van der Waals surface area contributed by atoms with E-state index in [1.54, 1.807) is 14.0 Å². The predicted molar refractivity (Wildman–Crippen MR) is 64.7 cm³/mol. The van der Waals surface area contributed by atoms with Crippen LogP contribution in [0.5, 0.6) is 0 Å². The second kappa shape index (κ2) is 6.59. The van der Waals surface area contributed by atoms with Crippen molar-refractivity contribution < 1.29 is 14.7 Å². The van der Waals surface area contributed by atoms with Crippen molar-refractivity contribution in [2.45, 2.75) is 51.1 Å². The van der Waals surface area contributed by atoms with Gasteiger partial charge in [-0.25, -0.2) is 4.79 Å². The van der Waals surface area contributed by atoms with Gasteiger partial charge in [-0.05, 0) is 32.7 Å². The average Bonchev–Trinajstić information content (AvgIpc) is 2.35. The van der Waals surface area contributed by atoms with Crippen molar-refractivity contribution in [3.8, 4) is 0 Å². The molecule has 1 amide bonds. The number of carboxylic acid groups (broad SMARTS) is 1. The van der Waals surface area contributed by atoms with E-state index in [0.29, 0.717) is 0 Å². The molecule has 0 spiro atoms. The molecule has 1 fully saturated rings. The van der Waals surface area contributed by atoms with Crippen molar-refractivity contribution in [1.82, 2.24) is 10.6 Å². The van der Waals surface area contributed by atoms with Crippen LogP contribution < -0.4 is 10.6 Å². The van der Waals surface area contributed by atoms with Crippen molar-refractivity contribution in [2.75, 3.05) is 7.05 Å². The average molecular weight is 242 g/mol. The third kappa shape index (κ3) is 4.00. The third-order valence-electron chi connectivity index (χ3n) is 3.51. The molecular formula is C12H22N2O3. The summed E-state index contributed by atoms with van der Waals surface area (Å²) in [5.41, 5.74) is 0. The quantitative estimate of drug-likeness (QED) is 0.664. The summed E-state index contributed by atoms with van der Waals surface area (Å²) in [6.45, 7) is 1.72. The second-order valence-electron chi connectivity index (χ2n) is 4.73. The fourth-order valence-corrected chi connectivity index (χ4v) is 2.26. The lowest BCUT2D eigenvalue weighted by atomic mass is 9.84. The highest BCUT2D eigenvalue weighted by atomic mass is 16.4. The Morgan fingerprint density at radius 3 is 2.29 bits per heavy atom. The maximum absolute atomic E-state index is 11.7. The Bertz CT molecular complexity index is 275. The molecule has 0 aromatic rings. The van der Waals surface area contributed by atoms with Crippen LogP contribution in [0.25, 0.3) is 0 Å². The van der Waals surface area contributed by atoms with Gasteiger partial charge in [-0.2, -0.15) is 0 Å². The maximum atomic E-state index is 11.7. The molecule has 17 heavy (non-hydrogen) atoms. The Kier molecular flexibility index (Phi) is 5.41.